The average Bonchev–Trinajstić information content (AvgIpc) is 2.53. The molecule has 0 aliphatic carbocycles. The molecule has 112 valence electrons. The van der Waals surface area contributed by atoms with E-state index in [0.717, 1.165) is 46.0 Å². The van der Waals surface area contributed by atoms with Crippen molar-refractivity contribution in [2.75, 3.05) is 11.9 Å². The monoisotopic (exact) mass is 413 g/mol. The first-order chi connectivity index (χ1) is 10.2. The van der Waals surface area contributed by atoms with Crippen molar-refractivity contribution in [3.05, 3.63) is 45.4 Å². The van der Waals surface area contributed by atoms with Crippen LogP contribution in [0.15, 0.2) is 35.2 Å². The Labute approximate surface area is 144 Å². The number of hydrogen-bond acceptors (Lipinski definition) is 4. The van der Waals surface area contributed by atoms with Gasteiger partial charge in [0.15, 0.2) is 0 Å². The number of hydrogen-bond donors (Lipinski definition) is 1. The molecule has 0 aliphatic rings. The van der Waals surface area contributed by atoms with Crippen molar-refractivity contribution in [3.63, 3.8) is 0 Å². The molecule has 0 amide bonds. The first-order valence-electron chi connectivity index (χ1n) is 7.21. The predicted molar refractivity (Wildman–Crippen MR) is 98.9 cm³/mol. The molecule has 0 bridgehead atoms. The van der Waals surface area contributed by atoms with Crippen molar-refractivity contribution in [2.45, 2.75) is 37.3 Å². The second-order valence-electron chi connectivity index (χ2n) is 4.63. The fourth-order valence-electron chi connectivity index (χ4n) is 1.87. The van der Waals surface area contributed by atoms with Crippen LogP contribution in [0.5, 0.6) is 0 Å². The van der Waals surface area contributed by atoms with Crippen LogP contribution in [0.3, 0.4) is 0 Å². The molecule has 2 aromatic rings. The lowest BCUT2D eigenvalue weighted by atomic mass is 10.3. The largest absolute Gasteiger partial charge is 0.369 e. The van der Waals surface area contributed by atoms with Crippen LogP contribution in [0.1, 0.15) is 31.8 Å². The van der Waals surface area contributed by atoms with Crippen molar-refractivity contribution in [1.29, 1.82) is 0 Å². The Morgan fingerprint density at radius 2 is 1.90 bits per heavy atom. The third-order valence-corrected chi connectivity index (χ3v) is 5.10. The molecule has 0 fully saturated rings. The van der Waals surface area contributed by atoms with Crippen molar-refractivity contribution in [2.24, 2.45) is 0 Å². The lowest BCUT2D eigenvalue weighted by Gasteiger charge is -2.12. The molecule has 0 radical (unpaired) electrons. The van der Waals surface area contributed by atoms with Crippen LogP contribution in [0.25, 0.3) is 0 Å². The molecule has 0 spiro atoms. The second kappa shape index (κ2) is 8.58. The van der Waals surface area contributed by atoms with Crippen molar-refractivity contribution >= 4 is 40.2 Å². The fourth-order valence-corrected chi connectivity index (χ4v) is 3.46. The summed E-state index contributed by atoms with van der Waals surface area (Å²) in [6, 6.07) is 10.4. The maximum Gasteiger partial charge on any atom is 0.143 e. The molecular weight excluding hydrogens is 393 g/mol. The van der Waals surface area contributed by atoms with E-state index in [2.05, 4.69) is 71.0 Å². The van der Waals surface area contributed by atoms with E-state index in [4.69, 9.17) is 4.98 Å². The molecule has 0 aliphatic heterocycles. The van der Waals surface area contributed by atoms with Crippen molar-refractivity contribution in [3.8, 4) is 0 Å². The van der Waals surface area contributed by atoms with Gasteiger partial charge in [0, 0.05) is 11.4 Å². The summed E-state index contributed by atoms with van der Waals surface area (Å²) >= 11 is 4.12. The average molecular weight is 413 g/mol. The maximum absolute atomic E-state index is 4.70. The van der Waals surface area contributed by atoms with Crippen LogP contribution in [-0.4, -0.2) is 16.5 Å². The Hall–Kier alpha value is -0.820. The summed E-state index contributed by atoms with van der Waals surface area (Å²) in [5, 5.41) is 3.41. The van der Waals surface area contributed by atoms with Gasteiger partial charge in [-0.1, -0.05) is 32.0 Å². The normalized spacial score (nSPS) is 10.6. The Bertz CT molecular complexity index is 575. The van der Waals surface area contributed by atoms with Crippen molar-refractivity contribution < 1.29 is 0 Å². The van der Waals surface area contributed by atoms with Gasteiger partial charge in [0.25, 0.3) is 0 Å². The second-order valence-corrected chi connectivity index (χ2v) is 6.76. The highest BCUT2D eigenvalue weighted by atomic mass is 127. The summed E-state index contributed by atoms with van der Waals surface area (Å²) in [5.74, 6) is 2.68. The molecule has 0 saturated heterocycles. The number of aromatic nitrogens is 2. The Morgan fingerprint density at radius 3 is 2.57 bits per heavy atom. The molecular formula is C16H20IN3S. The fraction of sp³-hybridized carbons (Fsp3) is 0.375. The minimum Gasteiger partial charge on any atom is -0.369 e. The number of nitrogens with one attached hydrogen (secondary N) is 1. The third kappa shape index (κ3) is 4.85. The third-order valence-electron chi connectivity index (χ3n) is 2.95. The number of anilines is 1. The molecule has 0 saturated carbocycles. The van der Waals surface area contributed by atoms with Gasteiger partial charge in [-0.15, -0.1) is 11.8 Å². The molecule has 2 rings (SSSR count). The zero-order chi connectivity index (χ0) is 15.1. The van der Waals surface area contributed by atoms with Gasteiger partial charge in [-0.25, -0.2) is 9.97 Å². The molecule has 1 aromatic carbocycles. The zero-order valence-corrected chi connectivity index (χ0v) is 15.4. The van der Waals surface area contributed by atoms with Gasteiger partial charge < -0.3 is 5.32 Å². The van der Waals surface area contributed by atoms with Crippen LogP contribution in [-0.2, 0) is 12.2 Å². The van der Waals surface area contributed by atoms with Gasteiger partial charge in [-0.05, 0) is 47.6 Å². The van der Waals surface area contributed by atoms with Gasteiger partial charge in [-0.2, -0.15) is 0 Å². The zero-order valence-electron chi connectivity index (χ0n) is 12.4. The number of benzene rings is 1. The first-order valence-corrected chi connectivity index (χ1v) is 9.28. The van der Waals surface area contributed by atoms with Gasteiger partial charge >= 0.3 is 0 Å². The molecule has 0 atom stereocenters. The lowest BCUT2D eigenvalue weighted by Crippen LogP contribution is -2.10. The summed E-state index contributed by atoms with van der Waals surface area (Å²) in [7, 11) is 0. The van der Waals surface area contributed by atoms with Gasteiger partial charge in [-0.3, -0.25) is 0 Å². The summed E-state index contributed by atoms with van der Waals surface area (Å²) in [5.41, 5.74) is 1.13. The van der Waals surface area contributed by atoms with E-state index < -0.39 is 0 Å². The maximum atomic E-state index is 4.70. The summed E-state index contributed by atoms with van der Waals surface area (Å²) in [4.78, 5) is 10.6. The molecule has 0 unspecified atom stereocenters. The van der Waals surface area contributed by atoms with Crippen LogP contribution in [0.4, 0.5) is 5.82 Å². The van der Waals surface area contributed by atoms with E-state index in [9.17, 15) is 0 Å². The highest BCUT2D eigenvalue weighted by Crippen LogP contribution is 2.24. The van der Waals surface area contributed by atoms with Gasteiger partial charge in [0.1, 0.15) is 11.6 Å². The molecule has 1 N–H and O–H groups in total. The summed E-state index contributed by atoms with van der Waals surface area (Å²) < 4.78 is 1.15. The number of halogens is 1. The minimum atomic E-state index is 0.800. The van der Waals surface area contributed by atoms with Crippen LogP contribution in [0.2, 0.25) is 0 Å². The van der Waals surface area contributed by atoms with Gasteiger partial charge in [0.05, 0.1) is 15.0 Å². The number of thioether (sulfide) groups is 1. The topological polar surface area (TPSA) is 37.8 Å². The van der Waals surface area contributed by atoms with Crippen LogP contribution in [0, 0.1) is 3.57 Å². The predicted octanol–water partition coefficient (Wildman–Crippen LogP) is 4.76. The van der Waals surface area contributed by atoms with Crippen LogP contribution >= 0.6 is 34.4 Å². The Kier molecular flexibility index (Phi) is 6.76. The van der Waals surface area contributed by atoms with E-state index in [1.54, 1.807) is 11.8 Å². The van der Waals surface area contributed by atoms with E-state index in [1.165, 1.54) is 4.90 Å². The van der Waals surface area contributed by atoms with E-state index in [1.807, 2.05) is 6.07 Å². The highest BCUT2D eigenvalue weighted by Gasteiger charge is 2.11. The number of nitrogens with zero attached hydrogens (tertiary/aromatic N) is 2. The number of rotatable bonds is 7. The Balaban J connectivity index is 2.14. The molecule has 21 heavy (non-hydrogen) atoms. The number of aryl methyl sites for hydroxylation is 1. The van der Waals surface area contributed by atoms with E-state index in [-0.39, 0.29) is 0 Å². The molecule has 3 nitrogen and oxygen atoms in total. The highest BCUT2D eigenvalue weighted by molar-refractivity contribution is 14.1. The Morgan fingerprint density at radius 1 is 1.14 bits per heavy atom. The van der Waals surface area contributed by atoms with Crippen LogP contribution < -0.4 is 5.32 Å². The molecule has 1 aromatic heterocycles. The SMILES string of the molecule is CCCNc1nc(CSc2ccccc2)nc(CC)c1I. The van der Waals surface area contributed by atoms with E-state index in [0.29, 0.717) is 0 Å². The van der Waals surface area contributed by atoms with E-state index >= 15 is 0 Å². The molecule has 5 heteroatoms. The summed E-state index contributed by atoms with van der Waals surface area (Å²) in [6.07, 6.45) is 2.03. The summed E-state index contributed by atoms with van der Waals surface area (Å²) in [6.45, 7) is 5.25. The van der Waals surface area contributed by atoms with Crippen molar-refractivity contribution in [1.82, 2.24) is 9.97 Å². The minimum absolute atomic E-state index is 0.800. The smallest absolute Gasteiger partial charge is 0.143 e. The first kappa shape index (κ1) is 16.5. The molecule has 1 heterocycles. The quantitative estimate of drug-likeness (QED) is 0.525. The standard InChI is InChI=1S/C16H20IN3S/c1-3-10-18-16-15(17)13(4-2)19-14(20-16)11-21-12-8-6-5-7-9-12/h5-9H,3-4,10-11H2,1-2H3,(H,18,19,20). The lowest BCUT2D eigenvalue weighted by molar-refractivity contribution is 0.906. The van der Waals surface area contributed by atoms with Gasteiger partial charge in [0.2, 0.25) is 0 Å².